The van der Waals surface area contributed by atoms with Gasteiger partial charge in [0.25, 0.3) is 0 Å². The van der Waals surface area contributed by atoms with Crippen LogP contribution >= 0.6 is 41.4 Å². The van der Waals surface area contributed by atoms with E-state index in [1.807, 2.05) is 0 Å². The Bertz CT molecular complexity index is 575. The van der Waals surface area contributed by atoms with Crippen LogP contribution in [-0.4, -0.2) is 0 Å². The van der Waals surface area contributed by atoms with E-state index in [1.165, 1.54) is 0 Å². The smallest absolute Gasteiger partial charge is 0.292 e. The minimum Gasteiger partial charge on any atom is -0.292 e. The molecule has 0 N–H and O–H groups in total. The van der Waals surface area contributed by atoms with E-state index in [1.54, 1.807) is 48.5 Å². The first-order valence-corrected chi connectivity index (χ1v) is 9.23. The van der Waals surface area contributed by atoms with Gasteiger partial charge < -0.3 is 0 Å². The van der Waals surface area contributed by atoms with Crippen molar-refractivity contribution in [1.82, 2.24) is 0 Å². The van der Waals surface area contributed by atoms with Crippen molar-refractivity contribution < 1.29 is 13.6 Å². The molecular weight excluding hydrogens is 353 g/mol. The first kappa shape index (κ1) is 16.8. The number of halogens is 3. The Hall–Kier alpha value is -0.540. The van der Waals surface area contributed by atoms with E-state index in [9.17, 15) is 4.57 Å². The molecule has 7 heteroatoms. The Morgan fingerprint density at radius 1 is 0.762 bits per heavy atom. The van der Waals surface area contributed by atoms with E-state index in [0.29, 0.717) is 10.0 Å². The second-order valence-electron chi connectivity index (χ2n) is 4.23. The molecule has 0 radical (unpaired) electrons. The molecule has 21 heavy (non-hydrogen) atoms. The average molecular weight is 366 g/mol. The minimum absolute atomic E-state index is 0.0819. The van der Waals surface area contributed by atoms with Crippen LogP contribution in [0.1, 0.15) is 11.1 Å². The van der Waals surface area contributed by atoms with Crippen molar-refractivity contribution in [2.75, 3.05) is 0 Å². The van der Waals surface area contributed by atoms with Crippen LogP contribution in [0.3, 0.4) is 0 Å². The van der Waals surface area contributed by atoms with E-state index < -0.39 is 6.95 Å². The monoisotopic (exact) mass is 364 g/mol. The average Bonchev–Trinajstić information content (AvgIpc) is 2.46. The quantitative estimate of drug-likeness (QED) is 0.582. The molecule has 0 saturated carbocycles. The minimum atomic E-state index is -3.64. The van der Waals surface area contributed by atoms with Crippen LogP contribution in [-0.2, 0) is 26.8 Å². The molecule has 0 saturated heterocycles. The third-order valence-electron chi connectivity index (χ3n) is 2.60. The van der Waals surface area contributed by atoms with E-state index in [-0.39, 0.29) is 13.2 Å². The highest BCUT2D eigenvalue weighted by atomic mass is 35.7. The summed E-state index contributed by atoms with van der Waals surface area (Å²) >= 11 is 17.3. The Labute approximate surface area is 138 Å². The van der Waals surface area contributed by atoms with Crippen molar-refractivity contribution in [3.8, 4) is 0 Å². The van der Waals surface area contributed by atoms with Gasteiger partial charge in [0.05, 0.1) is 13.2 Å². The first-order valence-electron chi connectivity index (χ1n) is 6.02. The maximum Gasteiger partial charge on any atom is 0.424 e. The normalized spacial score (nSPS) is 11.6. The molecule has 2 rings (SSSR count). The summed E-state index contributed by atoms with van der Waals surface area (Å²) in [7, 11) is 0. The van der Waals surface area contributed by atoms with Crippen LogP contribution in [0.5, 0.6) is 0 Å². The summed E-state index contributed by atoms with van der Waals surface area (Å²) in [4.78, 5) is 0. The lowest BCUT2D eigenvalue weighted by molar-refractivity contribution is 0.205. The van der Waals surface area contributed by atoms with Crippen molar-refractivity contribution in [2.45, 2.75) is 13.2 Å². The number of hydrogen-bond acceptors (Lipinski definition) is 3. The molecule has 0 aromatic heterocycles. The van der Waals surface area contributed by atoms with Gasteiger partial charge >= 0.3 is 6.95 Å². The molecule has 0 atom stereocenters. The van der Waals surface area contributed by atoms with Gasteiger partial charge in [-0.05, 0) is 35.4 Å². The van der Waals surface area contributed by atoms with E-state index in [2.05, 4.69) is 0 Å². The summed E-state index contributed by atoms with van der Waals surface area (Å²) < 4.78 is 22.2. The lowest BCUT2D eigenvalue weighted by atomic mass is 10.2. The van der Waals surface area contributed by atoms with Crippen molar-refractivity contribution in [1.29, 1.82) is 0 Å². The van der Waals surface area contributed by atoms with Gasteiger partial charge in [0, 0.05) is 21.3 Å². The molecule has 0 spiro atoms. The van der Waals surface area contributed by atoms with Crippen LogP contribution in [0, 0.1) is 0 Å². The molecule has 0 amide bonds. The number of benzene rings is 2. The predicted octanol–water partition coefficient (Wildman–Crippen LogP) is 6.07. The van der Waals surface area contributed by atoms with Gasteiger partial charge in [-0.25, -0.2) is 4.57 Å². The summed E-state index contributed by atoms with van der Waals surface area (Å²) in [5.41, 5.74) is 1.60. The summed E-state index contributed by atoms with van der Waals surface area (Å²) in [6.45, 7) is -3.48. The lowest BCUT2D eigenvalue weighted by Crippen LogP contribution is -1.93. The third-order valence-corrected chi connectivity index (χ3v) is 4.56. The second kappa shape index (κ2) is 7.64. The largest absolute Gasteiger partial charge is 0.424 e. The van der Waals surface area contributed by atoms with Crippen LogP contribution in [0.25, 0.3) is 0 Å². The molecule has 0 aliphatic rings. The van der Waals surface area contributed by atoms with Gasteiger partial charge in [0.2, 0.25) is 0 Å². The molecule has 0 aliphatic carbocycles. The van der Waals surface area contributed by atoms with Crippen molar-refractivity contribution in [3.05, 3.63) is 69.7 Å². The lowest BCUT2D eigenvalue weighted by Gasteiger charge is -2.12. The Morgan fingerprint density at radius 2 is 1.10 bits per heavy atom. The fraction of sp³-hybridized carbons (Fsp3) is 0.143. The van der Waals surface area contributed by atoms with E-state index in [4.69, 9.17) is 43.5 Å². The molecule has 112 valence electrons. The Morgan fingerprint density at radius 3 is 1.43 bits per heavy atom. The second-order valence-corrected chi connectivity index (χ2v) is 7.72. The summed E-state index contributed by atoms with van der Waals surface area (Å²) in [5, 5.41) is 1.23. The molecule has 2 aromatic carbocycles. The maximum absolute atomic E-state index is 12.0. The van der Waals surface area contributed by atoms with Crippen molar-refractivity contribution >= 4 is 41.4 Å². The highest BCUT2D eigenvalue weighted by molar-refractivity contribution is 7.81. The molecular formula is C14H12Cl3O3P. The van der Waals surface area contributed by atoms with Crippen molar-refractivity contribution in [3.63, 3.8) is 0 Å². The topological polar surface area (TPSA) is 35.5 Å². The van der Waals surface area contributed by atoms with E-state index in [0.717, 1.165) is 11.1 Å². The molecule has 2 aromatic rings. The van der Waals surface area contributed by atoms with Gasteiger partial charge in [-0.15, -0.1) is 0 Å². The zero-order chi connectivity index (χ0) is 15.3. The SMILES string of the molecule is O=P(Cl)(OCc1ccc(Cl)cc1)OCc1ccc(Cl)cc1. The number of rotatable bonds is 6. The molecule has 0 aliphatic heterocycles. The third kappa shape index (κ3) is 5.99. The first-order chi connectivity index (χ1) is 9.94. The predicted molar refractivity (Wildman–Crippen MR) is 85.9 cm³/mol. The summed E-state index contributed by atoms with van der Waals surface area (Å²) in [6.07, 6.45) is 0. The fourth-order valence-electron chi connectivity index (χ4n) is 1.50. The molecule has 3 nitrogen and oxygen atoms in total. The van der Waals surface area contributed by atoms with Gasteiger partial charge in [-0.3, -0.25) is 9.05 Å². The summed E-state index contributed by atoms with van der Waals surface area (Å²) in [5.74, 6) is 0. The molecule has 0 bridgehead atoms. The zero-order valence-electron chi connectivity index (χ0n) is 10.8. The van der Waals surface area contributed by atoms with Crippen LogP contribution < -0.4 is 0 Å². The van der Waals surface area contributed by atoms with E-state index >= 15 is 0 Å². The van der Waals surface area contributed by atoms with Crippen molar-refractivity contribution in [2.24, 2.45) is 0 Å². The van der Waals surface area contributed by atoms with Gasteiger partial charge in [0.15, 0.2) is 0 Å². The molecule has 0 unspecified atom stereocenters. The van der Waals surface area contributed by atoms with Gasteiger partial charge in [0.1, 0.15) is 0 Å². The Kier molecular flexibility index (Phi) is 6.12. The molecule has 0 heterocycles. The van der Waals surface area contributed by atoms with Crippen LogP contribution in [0.2, 0.25) is 10.0 Å². The fourth-order valence-corrected chi connectivity index (χ4v) is 2.73. The standard InChI is InChI=1S/C14H12Cl3O3P/c15-13-5-1-11(2-6-13)9-19-21(17,18)20-10-12-3-7-14(16)8-4-12/h1-8H,9-10H2. The zero-order valence-corrected chi connectivity index (χ0v) is 14.0. The molecule has 0 fully saturated rings. The van der Waals surface area contributed by atoms with Gasteiger partial charge in [-0.1, -0.05) is 47.5 Å². The van der Waals surface area contributed by atoms with Gasteiger partial charge in [-0.2, -0.15) is 0 Å². The Balaban J connectivity index is 1.85. The maximum atomic E-state index is 12.0. The van der Waals surface area contributed by atoms with Crippen LogP contribution in [0.15, 0.2) is 48.5 Å². The number of hydrogen-bond donors (Lipinski definition) is 0. The highest BCUT2D eigenvalue weighted by Gasteiger charge is 2.21. The van der Waals surface area contributed by atoms with Crippen LogP contribution in [0.4, 0.5) is 0 Å². The highest BCUT2D eigenvalue weighted by Crippen LogP contribution is 2.54. The summed E-state index contributed by atoms with van der Waals surface area (Å²) in [6, 6.07) is 13.9.